The number of nitrogens with zero attached hydrogens (tertiary/aromatic N) is 2. The largest absolute Gasteiger partial charge is 0.476 e. The maximum Gasteiger partial charge on any atom is 0.228 e. The quantitative estimate of drug-likeness (QED) is 0.795. The van der Waals surface area contributed by atoms with Crippen molar-refractivity contribution < 1.29 is 4.74 Å². The first-order valence-corrected chi connectivity index (χ1v) is 9.00. The summed E-state index contributed by atoms with van der Waals surface area (Å²) in [4.78, 5) is 8.23. The Morgan fingerprint density at radius 1 is 1.18 bits per heavy atom. The number of benzene rings is 1. The third kappa shape index (κ3) is 4.00. The van der Waals surface area contributed by atoms with E-state index < -0.39 is 0 Å². The Morgan fingerprint density at radius 3 is 2.64 bits per heavy atom. The number of likely N-dealkylation sites (tertiary alicyclic amines) is 1. The van der Waals surface area contributed by atoms with Gasteiger partial charge in [0.05, 0.1) is 4.88 Å². The normalized spacial score (nSPS) is 15.9. The predicted molar refractivity (Wildman–Crippen MR) is 93.1 cm³/mol. The molecule has 1 aromatic heterocycles. The van der Waals surface area contributed by atoms with Crippen LogP contribution in [0.3, 0.4) is 0 Å². The Kier molecular flexibility index (Phi) is 5.34. The molecule has 1 saturated heterocycles. The second-order valence-corrected chi connectivity index (χ2v) is 7.28. The molecule has 0 N–H and O–H groups in total. The number of piperidine rings is 1. The maximum absolute atomic E-state index is 5.93. The minimum atomic E-state index is 0.713. The number of hydrogen-bond acceptors (Lipinski definition) is 4. The molecule has 1 aliphatic heterocycles. The van der Waals surface area contributed by atoms with Crippen molar-refractivity contribution in [3.05, 3.63) is 34.2 Å². The molecule has 0 unspecified atom stereocenters. The highest BCUT2D eigenvalue weighted by Crippen LogP contribution is 2.32. The molecule has 5 heteroatoms. The average Bonchev–Trinajstić information content (AvgIpc) is 2.90. The van der Waals surface area contributed by atoms with E-state index in [1.54, 1.807) is 11.3 Å². The summed E-state index contributed by atoms with van der Waals surface area (Å²) in [5.74, 6) is 0.770. The third-order valence-electron chi connectivity index (χ3n) is 3.94. The first-order chi connectivity index (χ1) is 10.7. The monoisotopic (exact) mass is 336 g/mol. The SMILES string of the molecule is Cc1sc(-c2ccc(Cl)cc2)nc1OCCN1CCCCC1. The summed E-state index contributed by atoms with van der Waals surface area (Å²) in [5.41, 5.74) is 1.09. The Labute approximate surface area is 140 Å². The van der Waals surface area contributed by atoms with Gasteiger partial charge in [-0.3, -0.25) is 4.90 Å². The zero-order valence-electron chi connectivity index (χ0n) is 12.8. The molecule has 1 fully saturated rings. The number of thiazole rings is 1. The lowest BCUT2D eigenvalue weighted by atomic mass is 10.1. The van der Waals surface area contributed by atoms with Gasteiger partial charge < -0.3 is 4.74 Å². The van der Waals surface area contributed by atoms with E-state index in [-0.39, 0.29) is 0 Å². The molecule has 0 atom stereocenters. The van der Waals surface area contributed by atoms with Gasteiger partial charge in [-0.15, -0.1) is 11.3 Å². The van der Waals surface area contributed by atoms with Crippen molar-refractivity contribution in [3.8, 4) is 16.5 Å². The van der Waals surface area contributed by atoms with Crippen LogP contribution in [0.1, 0.15) is 24.1 Å². The van der Waals surface area contributed by atoms with E-state index in [9.17, 15) is 0 Å². The molecule has 3 rings (SSSR count). The average molecular weight is 337 g/mol. The van der Waals surface area contributed by atoms with E-state index in [2.05, 4.69) is 16.8 Å². The van der Waals surface area contributed by atoms with Crippen molar-refractivity contribution in [2.45, 2.75) is 26.2 Å². The Balaban J connectivity index is 1.58. The first-order valence-electron chi connectivity index (χ1n) is 7.81. The smallest absolute Gasteiger partial charge is 0.228 e. The summed E-state index contributed by atoms with van der Waals surface area (Å²) in [6.07, 6.45) is 4.00. The lowest BCUT2D eigenvalue weighted by Crippen LogP contribution is -2.33. The number of aromatic nitrogens is 1. The number of aryl methyl sites for hydroxylation is 1. The summed E-state index contributed by atoms with van der Waals surface area (Å²) in [7, 11) is 0. The van der Waals surface area contributed by atoms with Crippen LogP contribution in [-0.2, 0) is 0 Å². The van der Waals surface area contributed by atoms with Gasteiger partial charge in [0.2, 0.25) is 5.88 Å². The molecule has 2 heterocycles. The molecule has 118 valence electrons. The highest BCUT2D eigenvalue weighted by Gasteiger charge is 2.13. The van der Waals surface area contributed by atoms with Crippen LogP contribution >= 0.6 is 22.9 Å². The van der Waals surface area contributed by atoms with Crippen LogP contribution in [0.15, 0.2) is 24.3 Å². The summed E-state index contributed by atoms with van der Waals surface area (Å²) in [5, 5.41) is 1.73. The molecule has 0 spiro atoms. The highest BCUT2D eigenvalue weighted by atomic mass is 35.5. The van der Waals surface area contributed by atoms with Crippen molar-refractivity contribution in [2.24, 2.45) is 0 Å². The van der Waals surface area contributed by atoms with Gasteiger partial charge in [0.15, 0.2) is 0 Å². The molecule has 0 amide bonds. The van der Waals surface area contributed by atoms with Gasteiger partial charge in [-0.05, 0) is 45.0 Å². The molecular weight excluding hydrogens is 316 g/mol. The standard InChI is InChI=1S/C17H21ClN2OS/c1-13-16(21-12-11-20-9-3-2-4-10-20)19-17(22-13)14-5-7-15(18)8-6-14/h5-8H,2-4,9-12H2,1H3. The van der Waals surface area contributed by atoms with Gasteiger partial charge in [0.25, 0.3) is 0 Å². The van der Waals surface area contributed by atoms with Crippen LogP contribution in [0.25, 0.3) is 10.6 Å². The molecule has 1 aromatic carbocycles. The summed E-state index contributed by atoms with van der Waals surface area (Å²) in [6.45, 7) is 6.18. The lowest BCUT2D eigenvalue weighted by molar-refractivity contribution is 0.180. The molecule has 1 aliphatic rings. The van der Waals surface area contributed by atoms with Crippen molar-refractivity contribution >= 4 is 22.9 Å². The van der Waals surface area contributed by atoms with E-state index in [1.807, 2.05) is 24.3 Å². The fourth-order valence-electron chi connectivity index (χ4n) is 2.69. The van der Waals surface area contributed by atoms with E-state index in [1.165, 1.54) is 32.4 Å². The molecular formula is C17H21ClN2OS. The van der Waals surface area contributed by atoms with E-state index in [0.717, 1.165) is 32.9 Å². The van der Waals surface area contributed by atoms with Crippen molar-refractivity contribution in [2.75, 3.05) is 26.2 Å². The second-order valence-electron chi connectivity index (χ2n) is 5.64. The Morgan fingerprint density at radius 2 is 1.91 bits per heavy atom. The van der Waals surface area contributed by atoms with Crippen molar-refractivity contribution in [3.63, 3.8) is 0 Å². The molecule has 22 heavy (non-hydrogen) atoms. The fraction of sp³-hybridized carbons (Fsp3) is 0.471. The predicted octanol–water partition coefficient (Wildman–Crippen LogP) is 4.64. The van der Waals surface area contributed by atoms with Crippen LogP contribution in [0.5, 0.6) is 5.88 Å². The van der Waals surface area contributed by atoms with Crippen LogP contribution in [-0.4, -0.2) is 36.1 Å². The zero-order chi connectivity index (χ0) is 15.4. The van der Waals surface area contributed by atoms with Gasteiger partial charge in [-0.2, -0.15) is 0 Å². The highest BCUT2D eigenvalue weighted by molar-refractivity contribution is 7.15. The number of hydrogen-bond donors (Lipinski definition) is 0. The molecule has 0 radical (unpaired) electrons. The summed E-state index contributed by atoms with van der Waals surface area (Å²) in [6, 6.07) is 7.78. The lowest BCUT2D eigenvalue weighted by Gasteiger charge is -2.25. The topological polar surface area (TPSA) is 25.4 Å². The van der Waals surface area contributed by atoms with Gasteiger partial charge in [0.1, 0.15) is 11.6 Å². The molecule has 3 nitrogen and oxygen atoms in total. The van der Waals surface area contributed by atoms with Crippen LogP contribution in [0.2, 0.25) is 5.02 Å². The molecule has 0 aliphatic carbocycles. The second kappa shape index (κ2) is 7.44. The van der Waals surface area contributed by atoms with Crippen molar-refractivity contribution in [1.82, 2.24) is 9.88 Å². The zero-order valence-corrected chi connectivity index (χ0v) is 14.4. The minimum absolute atomic E-state index is 0.713. The van der Waals surface area contributed by atoms with Crippen molar-refractivity contribution in [1.29, 1.82) is 0 Å². The van der Waals surface area contributed by atoms with Crippen LogP contribution < -0.4 is 4.74 Å². The van der Waals surface area contributed by atoms with Gasteiger partial charge >= 0.3 is 0 Å². The third-order valence-corrected chi connectivity index (χ3v) is 5.19. The van der Waals surface area contributed by atoms with Crippen LogP contribution in [0.4, 0.5) is 0 Å². The first kappa shape index (κ1) is 15.8. The Hall–Kier alpha value is -1.10. The fourth-order valence-corrected chi connectivity index (χ4v) is 3.68. The minimum Gasteiger partial charge on any atom is -0.476 e. The van der Waals surface area contributed by atoms with Crippen LogP contribution in [0, 0.1) is 6.92 Å². The number of halogens is 1. The maximum atomic E-state index is 5.93. The number of ether oxygens (including phenoxy) is 1. The number of rotatable bonds is 5. The van der Waals surface area contributed by atoms with Gasteiger partial charge in [-0.25, -0.2) is 4.98 Å². The van der Waals surface area contributed by atoms with E-state index in [4.69, 9.17) is 16.3 Å². The Bertz CT molecular complexity index is 606. The van der Waals surface area contributed by atoms with Gasteiger partial charge in [0, 0.05) is 17.1 Å². The molecule has 2 aromatic rings. The summed E-state index contributed by atoms with van der Waals surface area (Å²) >= 11 is 7.60. The van der Waals surface area contributed by atoms with E-state index >= 15 is 0 Å². The molecule has 0 bridgehead atoms. The van der Waals surface area contributed by atoms with Gasteiger partial charge in [-0.1, -0.05) is 30.2 Å². The molecule has 0 saturated carbocycles. The summed E-state index contributed by atoms with van der Waals surface area (Å²) < 4.78 is 5.90. The van der Waals surface area contributed by atoms with E-state index in [0.29, 0.717) is 6.61 Å².